The highest BCUT2D eigenvalue weighted by atomic mass is 16.5. The number of aliphatic hydroxyl groups is 1. The van der Waals surface area contributed by atoms with Crippen molar-refractivity contribution in [2.75, 3.05) is 14.2 Å². The molecule has 0 amide bonds. The second kappa shape index (κ2) is 9.74. The van der Waals surface area contributed by atoms with Gasteiger partial charge < -0.3 is 24.1 Å². The summed E-state index contributed by atoms with van der Waals surface area (Å²) in [6, 6.07) is 15.7. The van der Waals surface area contributed by atoms with Gasteiger partial charge in [0.1, 0.15) is 11.5 Å². The Morgan fingerprint density at radius 1 is 0.741 bits per heavy atom. The Balaban J connectivity index is 1.54. The van der Waals surface area contributed by atoms with Crippen LogP contribution in [0.2, 0.25) is 0 Å². The highest BCUT2D eigenvalue weighted by Crippen LogP contribution is 2.26. The van der Waals surface area contributed by atoms with Gasteiger partial charge in [-0.3, -0.25) is 0 Å². The molecule has 0 unspecified atom stereocenters. The highest BCUT2D eigenvalue weighted by molar-refractivity contribution is 5.27. The van der Waals surface area contributed by atoms with Crippen molar-refractivity contribution in [2.45, 2.75) is 50.8 Å². The zero-order valence-corrected chi connectivity index (χ0v) is 16.0. The summed E-state index contributed by atoms with van der Waals surface area (Å²) < 4.78 is 22.6. The fourth-order valence-electron chi connectivity index (χ4n) is 3.30. The van der Waals surface area contributed by atoms with Crippen LogP contribution >= 0.6 is 0 Å². The molecule has 5 heteroatoms. The summed E-state index contributed by atoms with van der Waals surface area (Å²) in [6.45, 7) is 1.01. The Morgan fingerprint density at radius 2 is 1.22 bits per heavy atom. The monoisotopic (exact) mass is 372 g/mol. The van der Waals surface area contributed by atoms with E-state index in [0.717, 1.165) is 35.5 Å². The minimum Gasteiger partial charge on any atom is -0.497 e. The van der Waals surface area contributed by atoms with Crippen LogP contribution in [-0.4, -0.2) is 37.6 Å². The third-order valence-corrected chi connectivity index (χ3v) is 4.95. The Kier molecular flexibility index (Phi) is 7.10. The third-order valence-electron chi connectivity index (χ3n) is 4.95. The zero-order chi connectivity index (χ0) is 19.1. The molecule has 2 aromatic carbocycles. The predicted molar refractivity (Wildman–Crippen MR) is 103 cm³/mol. The van der Waals surface area contributed by atoms with E-state index >= 15 is 0 Å². The average molecular weight is 372 g/mol. The van der Waals surface area contributed by atoms with Crippen LogP contribution in [0.3, 0.4) is 0 Å². The minimum atomic E-state index is -0.327. The van der Waals surface area contributed by atoms with Gasteiger partial charge >= 0.3 is 0 Å². The smallest absolute Gasteiger partial charge is 0.118 e. The molecule has 5 nitrogen and oxygen atoms in total. The first-order chi connectivity index (χ1) is 13.2. The Morgan fingerprint density at radius 3 is 1.70 bits per heavy atom. The first-order valence-electron chi connectivity index (χ1n) is 9.35. The summed E-state index contributed by atoms with van der Waals surface area (Å²) in [5.41, 5.74) is 2.17. The lowest BCUT2D eigenvalue weighted by atomic mass is 9.92. The van der Waals surface area contributed by atoms with Gasteiger partial charge in [0.05, 0.1) is 45.7 Å². The van der Waals surface area contributed by atoms with E-state index < -0.39 is 0 Å². The molecule has 1 aliphatic carbocycles. The Hall–Kier alpha value is -2.08. The molecule has 0 saturated heterocycles. The largest absolute Gasteiger partial charge is 0.497 e. The molecule has 3 rings (SSSR count). The quantitative estimate of drug-likeness (QED) is 0.765. The zero-order valence-electron chi connectivity index (χ0n) is 16.0. The number of ether oxygens (including phenoxy) is 4. The predicted octanol–water partition coefficient (Wildman–Crippen LogP) is 3.72. The van der Waals surface area contributed by atoms with Crippen molar-refractivity contribution in [3.63, 3.8) is 0 Å². The van der Waals surface area contributed by atoms with Crippen LogP contribution in [0.15, 0.2) is 48.5 Å². The van der Waals surface area contributed by atoms with E-state index in [4.69, 9.17) is 18.9 Å². The molecule has 0 spiro atoms. The van der Waals surface area contributed by atoms with Crippen molar-refractivity contribution in [3.8, 4) is 11.5 Å². The standard InChI is InChI=1S/C22H28O5/c1-24-19-8-3-16(4-9-19)14-26-21-12-7-18(23)13-22(21)27-15-17-5-10-20(25-2)11-6-17/h3-6,8-11,18,21-23H,7,12-15H2,1-2H3/t18-,21-,22-/m0/s1. The molecule has 1 fully saturated rings. The van der Waals surface area contributed by atoms with Gasteiger partial charge in [-0.25, -0.2) is 0 Å². The molecule has 3 atom stereocenters. The molecule has 0 aromatic heterocycles. The molecule has 0 heterocycles. The summed E-state index contributed by atoms with van der Waals surface area (Å²) in [5.74, 6) is 1.66. The fourth-order valence-corrected chi connectivity index (χ4v) is 3.30. The van der Waals surface area contributed by atoms with E-state index in [1.807, 2.05) is 48.5 Å². The SMILES string of the molecule is COc1ccc(CO[C@H]2CC[C@H](O)C[C@@H]2OCc2ccc(OC)cc2)cc1. The van der Waals surface area contributed by atoms with E-state index in [0.29, 0.717) is 19.6 Å². The maximum absolute atomic E-state index is 10.0. The van der Waals surface area contributed by atoms with Crippen LogP contribution in [0, 0.1) is 0 Å². The Bertz CT molecular complexity index is 683. The normalized spacial score (nSPS) is 22.4. The molecular weight excluding hydrogens is 344 g/mol. The fraction of sp³-hybridized carbons (Fsp3) is 0.455. The summed E-state index contributed by atoms with van der Waals surface area (Å²) in [4.78, 5) is 0. The molecule has 2 aromatic rings. The minimum absolute atomic E-state index is 0.0197. The maximum Gasteiger partial charge on any atom is 0.118 e. The lowest BCUT2D eigenvalue weighted by Crippen LogP contribution is -2.39. The number of aliphatic hydroxyl groups excluding tert-OH is 1. The number of methoxy groups -OCH3 is 2. The van der Waals surface area contributed by atoms with Crippen molar-refractivity contribution < 1.29 is 24.1 Å². The first kappa shape index (κ1) is 19.7. The van der Waals surface area contributed by atoms with E-state index in [-0.39, 0.29) is 18.3 Å². The van der Waals surface area contributed by atoms with Crippen LogP contribution in [-0.2, 0) is 22.7 Å². The van der Waals surface area contributed by atoms with Gasteiger partial charge in [-0.2, -0.15) is 0 Å². The van der Waals surface area contributed by atoms with Gasteiger partial charge in [0.2, 0.25) is 0 Å². The van der Waals surface area contributed by atoms with Gasteiger partial charge in [-0.05, 0) is 48.2 Å². The lowest BCUT2D eigenvalue weighted by molar-refractivity contribution is -0.124. The van der Waals surface area contributed by atoms with Crippen molar-refractivity contribution in [1.82, 2.24) is 0 Å². The van der Waals surface area contributed by atoms with Gasteiger partial charge in [-0.15, -0.1) is 0 Å². The van der Waals surface area contributed by atoms with E-state index in [2.05, 4.69) is 0 Å². The Labute approximate surface area is 160 Å². The second-order valence-corrected chi connectivity index (χ2v) is 6.86. The van der Waals surface area contributed by atoms with Gasteiger partial charge in [0.15, 0.2) is 0 Å². The van der Waals surface area contributed by atoms with Crippen LogP contribution < -0.4 is 9.47 Å². The van der Waals surface area contributed by atoms with Gasteiger partial charge in [0, 0.05) is 6.42 Å². The molecule has 1 saturated carbocycles. The van der Waals surface area contributed by atoms with E-state index in [1.54, 1.807) is 14.2 Å². The summed E-state index contributed by atoms with van der Waals surface area (Å²) >= 11 is 0. The van der Waals surface area contributed by atoms with E-state index in [1.165, 1.54) is 0 Å². The number of hydrogen-bond donors (Lipinski definition) is 1. The van der Waals surface area contributed by atoms with E-state index in [9.17, 15) is 5.11 Å². The summed E-state index contributed by atoms with van der Waals surface area (Å²) in [6.07, 6.45) is 1.68. The highest BCUT2D eigenvalue weighted by Gasteiger charge is 2.31. The first-order valence-corrected chi connectivity index (χ1v) is 9.35. The topological polar surface area (TPSA) is 57.2 Å². The van der Waals surface area contributed by atoms with Crippen LogP contribution in [0.1, 0.15) is 30.4 Å². The molecule has 0 radical (unpaired) electrons. The van der Waals surface area contributed by atoms with Gasteiger partial charge in [0.25, 0.3) is 0 Å². The summed E-state index contributed by atoms with van der Waals surface area (Å²) in [5, 5.41) is 10.0. The van der Waals surface area contributed by atoms with Crippen molar-refractivity contribution in [2.24, 2.45) is 0 Å². The third kappa shape index (κ3) is 5.70. The number of hydrogen-bond acceptors (Lipinski definition) is 5. The molecule has 1 aliphatic rings. The molecule has 0 aliphatic heterocycles. The van der Waals surface area contributed by atoms with Crippen molar-refractivity contribution in [3.05, 3.63) is 59.7 Å². The molecule has 0 bridgehead atoms. The van der Waals surface area contributed by atoms with Gasteiger partial charge in [-0.1, -0.05) is 24.3 Å². The van der Waals surface area contributed by atoms with Crippen molar-refractivity contribution in [1.29, 1.82) is 0 Å². The molecule has 1 N–H and O–H groups in total. The summed E-state index contributed by atoms with van der Waals surface area (Å²) in [7, 11) is 3.31. The van der Waals surface area contributed by atoms with Crippen LogP contribution in [0.4, 0.5) is 0 Å². The number of rotatable bonds is 8. The van der Waals surface area contributed by atoms with Crippen LogP contribution in [0.5, 0.6) is 11.5 Å². The lowest BCUT2D eigenvalue weighted by Gasteiger charge is -2.34. The molecular formula is C22H28O5. The average Bonchev–Trinajstić information content (AvgIpc) is 2.72. The van der Waals surface area contributed by atoms with Crippen molar-refractivity contribution >= 4 is 0 Å². The molecule has 27 heavy (non-hydrogen) atoms. The molecule has 146 valence electrons. The second-order valence-electron chi connectivity index (χ2n) is 6.86. The number of benzene rings is 2. The van der Waals surface area contributed by atoms with Crippen LogP contribution in [0.25, 0.3) is 0 Å². The maximum atomic E-state index is 10.0.